The van der Waals surface area contributed by atoms with Crippen molar-refractivity contribution in [3.8, 4) is 11.5 Å². The molecule has 2 aromatic rings. The van der Waals surface area contributed by atoms with Gasteiger partial charge in [0.15, 0.2) is 6.10 Å². The second kappa shape index (κ2) is 7.70. The number of phenolic OH excluding ortho intramolecular Hbond substituents is 1. The van der Waals surface area contributed by atoms with Crippen LogP contribution in [0, 0.1) is 13.8 Å². The number of rotatable bonds is 5. The lowest BCUT2D eigenvalue weighted by Gasteiger charge is -2.16. The van der Waals surface area contributed by atoms with Gasteiger partial charge in [0.25, 0.3) is 5.91 Å². The van der Waals surface area contributed by atoms with Crippen molar-refractivity contribution >= 4 is 17.6 Å². The van der Waals surface area contributed by atoms with Crippen LogP contribution in [0.15, 0.2) is 36.4 Å². The van der Waals surface area contributed by atoms with Gasteiger partial charge in [0.2, 0.25) is 0 Å². The zero-order chi connectivity index (χ0) is 18.6. The van der Waals surface area contributed by atoms with E-state index in [-0.39, 0.29) is 11.3 Å². The van der Waals surface area contributed by atoms with E-state index in [1.807, 2.05) is 32.0 Å². The monoisotopic (exact) mass is 343 g/mol. The van der Waals surface area contributed by atoms with Crippen LogP contribution in [0.1, 0.15) is 28.4 Å². The number of hydrogen-bond acceptors (Lipinski definition) is 5. The number of carbonyl (C=O) groups is 2. The van der Waals surface area contributed by atoms with Gasteiger partial charge in [-0.25, -0.2) is 4.79 Å². The molecule has 6 heteroatoms. The molecular formula is C19H21NO5. The van der Waals surface area contributed by atoms with Gasteiger partial charge >= 0.3 is 5.97 Å². The third kappa shape index (κ3) is 4.29. The van der Waals surface area contributed by atoms with Crippen molar-refractivity contribution in [3.05, 3.63) is 53.1 Å². The first-order valence-corrected chi connectivity index (χ1v) is 7.78. The fraction of sp³-hybridized carbons (Fsp3) is 0.263. The number of methoxy groups -OCH3 is 1. The van der Waals surface area contributed by atoms with E-state index in [0.29, 0.717) is 11.4 Å². The molecule has 0 heterocycles. The van der Waals surface area contributed by atoms with E-state index >= 15 is 0 Å². The van der Waals surface area contributed by atoms with Crippen molar-refractivity contribution in [1.29, 1.82) is 0 Å². The molecule has 0 spiro atoms. The largest absolute Gasteiger partial charge is 0.507 e. The normalized spacial score (nSPS) is 11.5. The number of aromatic hydroxyl groups is 1. The minimum absolute atomic E-state index is 0.0347. The summed E-state index contributed by atoms with van der Waals surface area (Å²) in [6.45, 7) is 5.24. The summed E-state index contributed by atoms with van der Waals surface area (Å²) in [4.78, 5) is 24.5. The van der Waals surface area contributed by atoms with Crippen LogP contribution in [0.2, 0.25) is 0 Å². The molecule has 1 atom stereocenters. The van der Waals surface area contributed by atoms with Crippen LogP contribution in [0.5, 0.6) is 11.5 Å². The number of anilines is 1. The molecule has 25 heavy (non-hydrogen) atoms. The number of amides is 1. The maximum atomic E-state index is 12.3. The van der Waals surface area contributed by atoms with E-state index in [0.717, 1.165) is 11.1 Å². The average Bonchev–Trinajstić information content (AvgIpc) is 2.57. The molecule has 0 saturated carbocycles. The first kappa shape index (κ1) is 18.3. The first-order chi connectivity index (χ1) is 11.8. The molecule has 0 aliphatic rings. The summed E-state index contributed by atoms with van der Waals surface area (Å²) in [7, 11) is 1.45. The van der Waals surface area contributed by atoms with Crippen molar-refractivity contribution in [1.82, 2.24) is 0 Å². The molecule has 0 saturated heterocycles. The molecule has 132 valence electrons. The lowest BCUT2D eigenvalue weighted by atomic mass is 10.1. The molecule has 0 bridgehead atoms. The standard InChI is InChI=1S/C19H21NO5/c1-11-6-5-7-12(2)17(11)20-18(22)13(3)25-19(23)15-9-8-14(24-4)10-16(15)21/h5-10,13,21H,1-4H3,(H,20,22)/t13-/m0/s1. The summed E-state index contributed by atoms with van der Waals surface area (Å²) in [5, 5.41) is 12.6. The van der Waals surface area contributed by atoms with Crippen molar-refractivity contribution in [3.63, 3.8) is 0 Å². The Morgan fingerprint density at radius 3 is 2.32 bits per heavy atom. The number of para-hydroxylation sites is 1. The summed E-state index contributed by atoms with van der Waals surface area (Å²) in [5.74, 6) is -1.09. The van der Waals surface area contributed by atoms with E-state index in [1.165, 1.54) is 32.2 Å². The van der Waals surface area contributed by atoms with Crippen molar-refractivity contribution in [2.75, 3.05) is 12.4 Å². The highest BCUT2D eigenvalue weighted by molar-refractivity contribution is 5.99. The zero-order valence-corrected chi connectivity index (χ0v) is 14.6. The fourth-order valence-corrected chi connectivity index (χ4v) is 2.33. The third-order valence-electron chi connectivity index (χ3n) is 3.81. The van der Waals surface area contributed by atoms with Crippen LogP contribution in [0.3, 0.4) is 0 Å². The van der Waals surface area contributed by atoms with Crippen LogP contribution in [-0.2, 0) is 9.53 Å². The minimum atomic E-state index is -1.02. The third-order valence-corrected chi connectivity index (χ3v) is 3.81. The van der Waals surface area contributed by atoms with Gasteiger partial charge in [-0.2, -0.15) is 0 Å². The molecule has 2 N–H and O–H groups in total. The van der Waals surface area contributed by atoms with Gasteiger partial charge in [-0.3, -0.25) is 4.79 Å². The SMILES string of the molecule is COc1ccc(C(=O)O[C@@H](C)C(=O)Nc2c(C)cccc2C)c(O)c1. The molecule has 2 aromatic carbocycles. The maximum Gasteiger partial charge on any atom is 0.342 e. The van der Waals surface area contributed by atoms with E-state index in [4.69, 9.17) is 9.47 Å². The number of benzene rings is 2. The summed E-state index contributed by atoms with van der Waals surface area (Å²) in [6, 6.07) is 9.88. The van der Waals surface area contributed by atoms with Crippen LogP contribution >= 0.6 is 0 Å². The molecule has 2 rings (SSSR count). The highest BCUT2D eigenvalue weighted by atomic mass is 16.5. The van der Waals surface area contributed by atoms with Crippen molar-refractivity contribution < 1.29 is 24.2 Å². The number of aryl methyl sites for hydroxylation is 2. The highest BCUT2D eigenvalue weighted by Gasteiger charge is 2.22. The Kier molecular flexibility index (Phi) is 5.64. The fourth-order valence-electron chi connectivity index (χ4n) is 2.33. The van der Waals surface area contributed by atoms with Crippen molar-refractivity contribution in [2.45, 2.75) is 26.9 Å². The van der Waals surface area contributed by atoms with Crippen LogP contribution in [-0.4, -0.2) is 30.2 Å². The number of esters is 1. The second-order valence-corrected chi connectivity index (χ2v) is 5.69. The van der Waals surface area contributed by atoms with Gasteiger partial charge in [0, 0.05) is 11.8 Å². The molecule has 0 unspecified atom stereocenters. The summed E-state index contributed by atoms with van der Waals surface area (Å²) >= 11 is 0. The van der Waals surface area contributed by atoms with E-state index in [9.17, 15) is 14.7 Å². The zero-order valence-electron chi connectivity index (χ0n) is 14.6. The first-order valence-electron chi connectivity index (χ1n) is 7.78. The Balaban J connectivity index is 2.07. The van der Waals surface area contributed by atoms with Crippen molar-refractivity contribution in [2.24, 2.45) is 0 Å². The number of nitrogens with one attached hydrogen (secondary N) is 1. The summed E-state index contributed by atoms with van der Waals surface area (Å²) < 4.78 is 10.1. The predicted octanol–water partition coefficient (Wildman–Crippen LogP) is 3.20. The summed E-state index contributed by atoms with van der Waals surface area (Å²) in [6.07, 6.45) is -1.02. The average molecular weight is 343 g/mol. The molecule has 0 aliphatic heterocycles. The molecule has 0 fully saturated rings. The topological polar surface area (TPSA) is 84.9 Å². The molecule has 6 nitrogen and oxygen atoms in total. The lowest BCUT2D eigenvalue weighted by Crippen LogP contribution is -2.30. The molecule has 0 aromatic heterocycles. The quantitative estimate of drug-likeness (QED) is 0.815. The predicted molar refractivity (Wildman–Crippen MR) is 94.1 cm³/mol. The van der Waals surface area contributed by atoms with E-state index in [1.54, 1.807) is 0 Å². The Labute approximate surface area is 146 Å². The van der Waals surface area contributed by atoms with Gasteiger partial charge in [-0.1, -0.05) is 18.2 Å². The Morgan fingerprint density at radius 2 is 1.76 bits per heavy atom. The maximum absolute atomic E-state index is 12.3. The van der Waals surface area contributed by atoms with Gasteiger partial charge in [0.05, 0.1) is 7.11 Å². The van der Waals surface area contributed by atoms with Crippen LogP contribution in [0.25, 0.3) is 0 Å². The van der Waals surface area contributed by atoms with E-state index < -0.39 is 18.0 Å². The number of ether oxygens (including phenoxy) is 2. The number of carbonyl (C=O) groups excluding carboxylic acids is 2. The van der Waals surface area contributed by atoms with Crippen LogP contribution in [0.4, 0.5) is 5.69 Å². The van der Waals surface area contributed by atoms with Gasteiger partial charge in [-0.05, 0) is 44.0 Å². The molecular weight excluding hydrogens is 322 g/mol. The molecule has 0 radical (unpaired) electrons. The van der Waals surface area contributed by atoms with Gasteiger partial charge in [0.1, 0.15) is 17.1 Å². The lowest BCUT2D eigenvalue weighted by molar-refractivity contribution is -0.123. The van der Waals surface area contributed by atoms with Gasteiger partial charge < -0.3 is 19.9 Å². The van der Waals surface area contributed by atoms with E-state index in [2.05, 4.69) is 5.32 Å². The number of hydrogen-bond donors (Lipinski definition) is 2. The smallest absolute Gasteiger partial charge is 0.342 e. The highest BCUT2D eigenvalue weighted by Crippen LogP contribution is 2.25. The molecule has 1 amide bonds. The minimum Gasteiger partial charge on any atom is -0.507 e. The summed E-state index contributed by atoms with van der Waals surface area (Å²) in [5.41, 5.74) is 2.49. The number of phenols is 1. The Bertz CT molecular complexity index is 780. The van der Waals surface area contributed by atoms with Gasteiger partial charge in [-0.15, -0.1) is 0 Å². The van der Waals surface area contributed by atoms with Crippen LogP contribution < -0.4 is 10.1 Å². The molecule has 0 aliphatic carbocycles. The second-order valence-electron chi connectivity index (χ2n) is 5.69. The Morgan fingerprint density at radius 1 is 1.12 bits per heavy atom. The Hall–Kier alpha value is -3.02.